The fraction of sp³-hybridized carbons (Fsp3) is 0.923. The highest BCUT2D eigenvalue weighted by Crippen LogP contribution is 2.10. The van der Waals surface area contributed by atoms with Crippen LogP contribution in [0, 0.1) is 11.8 Å². The maximum atomic E-state index is 11.7. The first kappa shape index (κ1) is 16.4. The van der Waals surface area contributed by atoms with Crippen molar-refractivity contribution < 1.29 is 9.90 Å². The van der Waals surface area contributed by atoms with Crippen molar-refractivity contribution in [3.8, 4) is 0 Å². The molecule has 0 aromatic heterocycles. The molecule has 0 aliphatic carbocycles. The van der Waals surface area contributed by atoms with E-state index >= 15 is 0 Å². The number of carbonyl (C=O) groups is 1. The van der Waals surface area contributed by atoms with Gasteiger partial charge in [-0.05, 0) is 37.6 Å². The number of aliphatic hydroxyl groups is 1. The number of carbonyl (C=O) groups excluding carboxylic acids is 1. The molecule has 0 fully saturated rings. The number of hydrogen-bond donors (Lipinski definition) is 3. The largest absolute Gasteiger partial charge is 0.396 e. The average molecular weight is 244 g/mol. The highest BCUT2D eigenvalue weighted by molar-refractivity contribution is 5.76. The van der Waals surface area contributed by atoms with Gasteiger partial charge in [-0.1, -0.05) is 20.8 Å². The number of hydrogen-bond acceptors (Lipinski definition) is 3. The van der Waals surface area contributed by atoms with Crippen molar-refractivity contribution in [2.75, 3.05) is 13.2 Å². The standard InChI is InChI=1S/C13H28N2O2/c1-10(2)12(7-9-16)15-13(17)5-4-11(3)6-8-14/h10-12,16H,4-9,14H2,1-3H3,(H,15,17). The molecule has 0 heterocycles. The van der Waals surface area contributed by atoms with Crippen molar-refractivity contribution >= 4 is 5.91 Å². The lowest BCUT2D eigenvalue weighted by molar-refractivity contribution is -0.122. The zero-order valence-electron chi connectivity index (χ0n) is 11.4. The minimum absolute atomic E-state index is 0.0808. The molecule has 0 aromatic rings. The van der Waals surface area contributed by atoms with Crippen molar-refractivity contribution in [2.24, 2.45) is 17.6 Å². The van der Waals surface area contributed by atoms with Gasteiger partial charge >= 0.3 is 0 Å². The predicted molar refractivity (Wildman–Crippen MR) is 70.5 cm³/mol. The Balaban J connectivity index is 3.89. The van der Waals surface area contributed by atoms with Crippen LogP contribution in [0.5, 0.6) is 0 Å². The molecule has 0 saturated heterocycles. The van der Waals surface area contributed by atoms with Gasteiger partial charge < -0.3 is 16.2 Å². The van der Waals surface area contributed by atoms with Crippen molar-refractivity contribution in [3.05, 3.63) is 0 Å². The first-order valence-corrected chi connectivity index (χ1v) is 6.61. The molecular formula is C13H28N2O2. The molecule has 4 nitrogen and oxygen atoms in total. The fourth-order valence-electron chi connectivity index (χ4n) is 1.80. The zero-order valence-corrected chi connectivity index (χ0v) is 11.4. The summed E-state index contributed by atoms with van der Waals surface area (Å²) in [7, 11) is 0. The van der Waals surface area contributed by atoms with Crippen LogP contribution in [0.2, 0.25) is 0 Å². The first-order valence-electron chi connectivity index (χ1n) is 6.61. The molecule has 4 heteroatoms. The minimum Gasteiger partial charge on any atom is -0.396 e. The van der Waals surface area contributed by atoms with E-state index < -0.39 is 0 Å². The van der Waals surface area contributed by atoms with E-state index in [4.69, 9.17) is 10.8 Å². The monoisotopic (exact) mass is 244 g/mol. The van der Waals surface area contributed by atoms with Gasteiger partial charge in [-0.15, -0.1) is 0 Å². The summed E-state index contributed by atoms with van der Waals surface area (Å²) in [6.07, 6.45) is 3.03. The summed E-state index contributed by atoms with van der Waals surface area (Å²) in [4.78, 5) is 11.7. The highest BCUT2D eigenvalue weighted by atomic mass is 16.3. The summed E-state index contributed by atoms with van der Waals surface area (Å²) in [6.45, 7) is 7.03. The Labute approximate surface area is 105 Å². The first-order chi connectivity index (χ1) is 8.01. The van der Waals surface area contributed by atoms with Crippen molar-refractivity contribution in [1.29, 1.82) is 0 Å². The summed E-state index contributed by atoms with van der Waals surface area (Å²) in [5.74, 6) is 0.940. The summed E-state index contributed by atoms with van der Waals surface area (Å²) in [5, 5.41) is 11.9. The van der Waals surface area contributed by atoms with E-state index in [1.165, 1.54) is 0 Å². The van der Waals surface area contributed by atoms with Crippen LogP contribution in [0.1, 0.15) is 46.5 Å². The maximum Gasteiger partial charge on any atom is 0.220 e. The second-order valence-electron chi connectivity index (χ2n) is 5.15. The molecule has 0 radical (unpaired) electrons. The summed E-state index contributed by atoms with van der Waals surface area (Å²) in [6, 6.07) is 0.0808. The van der Waals surface area contributed by atoms with Gasteiger partial charge in [-0.25, -0.2) is 0 Å². The second-order valence-corrected chi connectivity index (χ2v) is 5.15. The third-order valence-electron chi connectivity index (χ3n) is 3.11. The smallest absolute Gasteiger partial charge is 0.220 e. The summed E-state index contributed by atoms with van der Waals surface area (Å²) >= 11 is 0. The van der Waals surface area contributed by atoms with Crippen LogP contribution in [0.4, 0.5) is 0 Å². The van der Waals surface area contributed by atoms with E-state index in [9.17, 15) is 4.79 Å². The van der Waals surface area contributed by atoms with Gasteiger partial charge in [0.15, 0.2) is 0 Å². The SMILES string of the molecule is CC(CCN)CCC(=O)NC(CCO)C(C)C. The third kappa shape index (κ3) is 8.16. The molecule has 4 N–H and O–H groups in total. The zero-order chi connectivity index (χ0) is 13.3. The second kappa shape index (κ2) is 9.42. The molecule has 0 saturated carbocycles. The molecule has 1 amide bonds. The van der Waals surface area contributed by atoms with Gasteiger partial charge in [-0.2, -0.15) is 0 Å². The lowest BCUT2D eigenvalue weighted by Crippen LogP contribution is -2.39. The topological polar surface area (TPSA) is 75.4 Å². The van der Waals surface area contributed by atoms with Gasteiger partial charge in [0.1, 0.15) is 0 Å². The Bertz CT molecular complexity index is 208. The molecule has 2 unspecified atom stereocenters. The van der Waals surface area contributed by atoms with Crippen LogP contribution in [0.25, 0.3) is 0 Å². The number of rotatable bonds is 9. The van der Waals surface area contributed by atoms with Crippen LogP contribution >= 0.6 is 0 Å². The van der Waals surface area contributed by atoms with Gasteiger partial charge in [0.25, 0.3) is 0 Å². The molecule has 0 aliphatic heterocycles. The Morgan fingerprint density at radius 3 is 2.35 bits per heavy atom. The Morgan fingerprint density at radius 2 is 1.88 bits per heavy atom. The third-order valence-corrected chi connectivity index (χ3v) is 3.11. The number of amides is 1. The summed E-state index contributed by atoms with van der Waals surface area (Å²) < 4.78 is 0. The van der Waals surface area contributed by atoms with Gasteiger partial charge in [0, 0.05) is 19.1 Å². The highest BCUT2D eigenvalue weighted by Gasteiger charge is 2.15. The number of nitrogens with two attached hydrogens (primary N) is 1. The molecule has 102 valence electrons. The molecule has 17 heavy (non-hydrogen) atoms. The van der Waals surface area contributed by atoms with Crippen LogP contribution in [0.15, 0.2) is 0 Å². The van der Waals surface area contributed by atoms with Crippen LogP contribution in [0.3, 0.4) is 0 Å². The van der Waals surface area contributed by atoms with Gasteiger partial charge in [0.05, 0.1) is 0 Å². The molecule has 0 aliphatic rings. The van der Waals surface area contributed by atoms with E-state index in [0.29, 0.717) is 31.2 Å². The van der Waals surface area contributed by atoms with Gasteiger partial charge in [0.2, 0.25) is 5.91 Å². The normalized spacial score (nSPS) is 14.7. The predicted octanol–water partition coefficient (Wildman–Crippen LogP) is 1.27. The van der Waals surface area contributed by atoms with E-state index in [-0.39, 0.29) is 18.6 Å². The quantitative estimate of drug-likeness (QED) is 0.572. The molecule has 0 bridgehead atoms. The van der Waals surface area contributed by atoms with Crippen LogP contribution in [-0.2, 0) is 4.79 Å². The van der Waals surface area contributed by atoms with Crippen molar-refractivity contribution in [1.82, 2.24) is 5.32 Å². The fourth-order valence-corrected chi connectivity index (χ4v) is 1.80. The summed E-state index contributed by atoms with van der Waals surface area (Å²) in [5.41, 5.74) is 5.47. The Morgan fingerprint density at radius 1 is 1.24 bits per heavy atom. The van der Waals surface area contributed by atoms with Crippen LogP contribution in [-0.4, -0.2) is 30.2 Å². The van der Waals surface area contributed by atoms with Crippen molar-refractivity contribution in [3.63, 3.8) is 0 Å². The van der Waals surface area contributed by atoms with Crippen molar-refractivity contribution in [2.45, 2.75) is 52.5 Å². The van der Waals surface area contributed by atoms with Crippen LogP contribution < -0.4 is 11.1 Å². The average Bonchev–Trinajstić information content (AvgIpc) is 2.26. The lowest BCUT2D eigenvalue weighted by atomic mass is 9.99. The van der Waals surface area contributed by atoms with Gasteiger partial charge in [-0.3, -0.25) is 4.79 Å². The maximum absolute atomic E-state index is 11.7. The van der Waals surface area contributed by atoms with E-state index in [1.54, 1.807) is 0 Å². The van der Waals surface area contributed by atoms with E-state index in [1.807, 2.05) is 0 Å². The molecule has 0 aromatic carbocycles. The molecule has 0 spiro atoms. The Hall–Kier alpha value is -0.610. The molecular weight excluding hydrogens is 216 g/mol. The van der Waals surface area contributed by atoms with E-state index in [0.717, 1.165) is 12.8 Å². The number of aliphatic hydroxyl groups excluding tert-OH is 1. The number of nitrogens with one attached hydrogen (secondary N) is 1. The molecule has 0 rings (SSSR count). The van der Waals surface area contributed by atoms with E-state index in [2.05, 4.69) is 26.1 Å². The molecule has 2 atom stereocenters. The Kier molecular flexibility index (Phi) is 9.09. The lowest BCUT2D eigenvalue weighted by Gasteiger charge is -2.22. The minimum atomic E-state index is 0.0808.